The second-order valence-electron chi connectivity index (χ2n) is 5.06. The lowest BCUT2D eigenvalue weighted by atomic mass is 10.1. The molecule has 21 heavy (non-hydrogen) atoms. The van der Waals surface area contributed by atoms with Gasteiger partial charge in [0.2, 0.25) is 5.76 Å². The number of rotatable bonds is 3. The maximum atomic E-state index is 11.0. The number of nitrogens with one attached hydrogen (secondary N) is 1. The van der Waals surface area contributed by atoms with Gasteiger partial charge in [0.15, 0.2) is 0 Å². The van der Waals surface area contributed by atoms with E-state index < -0.39 is 5.91 Å². The number of primary amides is 1. The standard InChI is InChI=1S/C15H16N4O2/c16-14(19-7-1-2-8-19)11-5-3-10(4-6-11)12-9-13(15(17)20)21-18-12/h3-6,9,16H,1-2,7-8H2,(H2,17,20). The number of hydrogen-bond acceptors (Lipinski definition) is 4. The molecule has 0 saturated carbocycles. The predicted octanol–water partition coefficient (Wildman–Crippen LogP) is 1.86. The third-order valence-electron chi connectivity index (χ3n) is 3.63. The summed E-state index contributed by atoms with van der Waals surface area (Å²) in [6, 6.07) is 9.01. The van der Waals surface area contributed by atoms with Gasteiger partial charge in [-0.05, 0) is 12.8 Å². The zero-order chi connectivity index (χ0) is 14.8. The van der Waals surface area contributed by atoms with E-state index in [1.54, 1.807) is 0 Å². The fourth-order valence-corrected chi connectivity index (χ4v) is 2.45. The molecule has 0 radical (unpaired) electrons. The van der Waals surface area contributed by atoms with E-state index in [0.29, 0.717) is 11.5 Å². The molecule has 1 aliphatic rings. The van der Waals surface area contributed by atoms with Crippen LogP contribution in [0.3, 0.4) is 0 Å². The van der Waals surface area contributed by atoms with Crippen molar-refractivity contribution in [2.24, 2.45) is 5.73 Å². The van der Waals surface area contributed by atoms with Crippen molar-refractivity contribution in [3.8, 4) is 11.3 Å². The molecule has 6 nitrogen and oxygen atoms in total. The highest BCUT2D eigenvalue weighted by molar-refractivity contribution is 5.97. The maximum Gasteiger partial charge on any atom is 0.287 e. The molecule has 3 rings (SSSR count). The minimum atomic E-state index is -0.638. The number of amidine groups is 1. The second-order valence-corrected chi connectivity index (χ2v) is 5.06. The van der Waals surface area contributed by atoms with Crippen LogP contribution in [0.1, 0.15) is 29.0 Å². The first-order valence-electron chi connectivity index (χ1n) is 6.86. The van der Waals surface area contributed by atoms with Crippen molar-refractivity contribution >= 4 is 11.7 Å². The normalized spacial score (nSPS) is 14.4. The van der Waals surface area contributed by atoms with E-state index in [0.717, 1.165) is 37.1 Å². The highest BCUT2D eigenvalue weighted by Gasteiger charge is 2.16. The van der Waals surface area contributed by atoms with Gasteiger partial charge in [-0.3, -0.25) is 10.2 Å². The van der Waals surface area contributed by atoms with E-state index in [2.05, 4.69) is 10.1 Å². The van der Waals surface area contributed by atoms with Crippen LogP contribution in [0.2, 0.25) is 0 Å². The van der Waals surface area contributed by atoms with Gasteiger partial charge in [-0.1, -0.05) is 29.4 Å². The molecule has 1 aliphatic heterocycles. The van der Waals surface area contributed by atoms with E-state index >= 15 is 0 Å². The Kier molecular flexibility index (Phi) is 3.43. The molecule has 0 atom stereocenters. The Labute approximate surface area is 122 Å². The van der Waals surface area contributed by atoms with Gasteiger partial charge in [0.1, 0.15) is 11.5 Å². The monoisotopic (exact) mass is 284 g/mol. The smallest absolute Gasteiger partial charge is 0.287 e. The lowest BCUT2D eigenvalue weighted by Gasteiger charge is -2.18. The van der Waals surface area contributed by atoms with E-state index in [9.17, 15) is 4.79 Å². The van der Waals surface area contributed by atoms with Crippen LogP contribution >= 0.6 is 0 Å². The first-order valence-corrected chi connectivity index (χ1v) is 6.86. The van der Waals surface area contributed by atoms with Gasteiger partial charge >= 0.3 is 0 Å². The molecule has 1 amide bonds. The van der Waals surface area contributed by atoms with Crippen molar-refractivity contribution in [2.75, 3.05) is 13.1 Å². The lowest BCUT2D eigenvalue weighted by molar-refractivity contribution is 0.0965. The van der Waals surface area contributed by atoms with Crippen molar-refractivity contribution in [1.82, 2.24) is 10.1 Å². The number of hydrogen-bond donors (Lipinski definition) is 2. The van der Waals surface area contributed by atoms with Crippen LogP contribution in [-0.2, 0) is 0 Å². The van der Waals surface area contributed by atoms with E-state index in [-0.39, 0.29) is 5.76 Å². The summed E-state index contributed by atoms with van der Waals surface area (Å²) in [4.78, 5) is 13.1. The predicted molar refractivity (Wildman–Crippen MR) is 78.1 cm³/mol. The Morgan fingerprint density at radius 2 is 1.90 bits per heavy atom. The SMILES string of the molecule is N=C(c1ccc(-c2cc(C(N)=O)on2)cc1)N1CCCC1. The molecule has 6 heteroatoms. The van der Waals surface area contributed by atoms with Crippen LogP contribution in [0.5, 0.6) is 0 Å². The third-order valence-corrected chi connectivity index (χ3v) is 3.63. The molecule has 0 spiro atoms. The molecular weight excluding hydrogens is 268 g/mol. The molecule has 1 aromatic heterocycles. The van der Waals surface area contributed by atoms with Crippen molar-refractivity contribution in [2.45, 2.75) is 12.8 Å². The van der Waals surface area contributed by atoms with E-state index in [4.69, 9.17) is 15.7 Å². The van der Waals surface area contributed by atoms with Crippen LogP contribution in [-0.4, -0.2) is 34.9 Å². The quantitative estimate of drug-likeness (QED) is 0.664. The average Bonchev–Trinajstić information content (AvgIpc) is 3.18. The molecule has 1 fully saturated rings. The first-order chi connectivity index (χ1) is 10.1. The number of likely N-dealkylation sites (tertiary alicyclic amines) is 1. The zero-order valence-corrected chi connectivity index (χ0v) is 11.5. The summed E-state index contributed by atoms with van der Waals surface area (Å²) in [7, 11) is 0. The van der Waals surface area contributed by atoms with E-state index in [1.807, 2.05) is 24.3 Å². The minimum absolute atomic E-state index is 0.0406. The molecule has 2 heterocycles. The Balaban J connectivity index is 1.79. The number of amides is 1. The van der Waals surface area contributed by atoms with E-state index in [1.165, 1.54) is 6.07 Å². The number of aromatic nitrogens is 1. The zero-order valence-electron chi connectivity index (χ0n) is 11.5. The Hall–Kier alpha value is -2.63. The molecule has 108 valence electrons. The molecule has 0 aliphatic carbocycles. The number of carbonyl (C=O) groups is 1. The Bertz CT molecular complexity index is 669. The van der Waals surface area contributed by atoms with Crippen molar-refractivity contribution in [1.29, 1.82) is 5.41 Å². The van der Waals surface area contributed by atoms with Gasteiger partial charge in [0, 0.05) is 30.3 Å². The van der Waals surface area contributed by atoms with Gasteiger partial charge in [-0.25, -0.2) is 0 Å². The summed E-state index contributed by atoms with van der Waals surface area (Å²) in [5.41, 5.74) is 7.39. The van der Waals surface area contributed by atoms with Crippen molar-refractivity contribution in [3.63, 3.8) is 0 Å². The molecular formula is C15H16N4O2. The highest BCUT2D eigenvalue weighted by Crippen LogP contribution is 2.21. The summed E-state index contributed by atoms with van der Waals surface area (Å²) >= 11 is 0. The topological polar surface area (TPSA) is 96.2 Å². The van der Waals surface area contributed by atoms with Crippen LogP contribution in [0.15, 0.2) is 34.9 Å². The van der Waals surface area contributed by atoms with Crippen molar-refractivity contribution in [3.05, 3.63) is 41.7 Å². The number of benzene rings is 1. The number of carbonyl (C=O) groups excluding carboxylic acids is 1. The van der Waals surface area contributed by atoms with Crippen molar-refractivity contribution < 1.29 is 9.32 Å². The third kappa shape index (κ3) is 2.65. The summed E-state index contributed by atoms with van der Waals surface area (Å²) in [6.45, 7) is 1.90. The molecule has 3 N–H and O–H groups in total. The molecule has 0 bridgehead atoms. The fourth-order valence-electron chi connectivity index (χ4n) is 2.45. The summed E-state index contributed by atoms with van der Waals surface area (Å²) in [6.07, 6.45) is 2.30. The van der Waals surface area contributed by atoms with Gasteiger partial charge in [-0.15, -0.1) is 0 Å². The van der Waals surface area contributed by atoms with Gasteiger partial charge in [-0.2, -0.15) is 0 Å². The van der Waals surface area contributed by atoms with Gasteiger partial charge < -0.3 is 15.2 Å². The van der Waals surface area contributed by atoms with Crippen LogP contribution in [0.25, 0.3) is 11.3 Å². The maximum absolute atomic E-state index is 11.0. The summed E-state index contributed by atoms with van der Waals surface area (Å²) in [5.74, 6) is -0.0444. The summed E-state index contributed by atoms with van der Waals surface area (Å²) in [5, 5.41) is 12.0. The molecule has 0 unspecified atom stereocenters. The fraction of sp³-hybridized carbons (Fsp3) is 0.267. The highest BCUT2D eigenvalue weighted by atomic mass is 16.5. The van der Waals surface area contributed by atoms with Gasteiger partial charge in [0.05, 0.1) is 0 Å². The Morgan fingerprint density at radius 3 is 2.48 bits per heavy atom. The minimum Gasteiger partial charge on any atom is -0.363 e. The molecule has 2 aromatic rings. The van der Waals surface area contributed by atoms with Crippen LogP contribution in [0.4, 0.5) is 0 Å². The largest absolute Gasteiger partial charge is 0.363 e. The molecule has 1 saturated heterocycles. The summed E-state index contributed by atoms with van der Waals surface area (Å²) < 4.78 is 4.86. The second kappa shape index (κ2) is 5.40. The Morgan fingerprint density at radius 1 is 1.24 bits per heavy atom. The van der Waals surface area contributed by atoms with Gasteiger partial charge in [0.25, 0.3) is 5.91 Å². The lowest BCUT2D eigenvalue weighted by Crippen LogP contribution is -2.27. The number of nitrogens with two attached hydrogens (primary N) is 1. The van der Waals surface area contributed by atoms with Crippen LogP contribution in [0, 0.1) is 5.41 Å². The first kappa shape index (κ1) is 13.4. The number of nitrogens with zero attached hydrogens (tertiary/aromatic N) is 2. The average molecular weight is 284 g/mol. The van der Waals surface area contributed by atoms with Crippen LogP contribution < -0.4 is 5.73 Å². The molecule has 1 aromatic carbocycles.